The normalized spacial score (nSPS) is 16.3. The molecule has 0 radical (unpaired) electrons. The first kappa shape index (κ1) is 14.7. The van der Waals surface area contributed by atoms with Crippen molar-refractivity contribution in [3.8, 4) is 11.4 Å². The van der Waals surface area contributed by atoms with E-state index >= 15 is 0 Å². The van der Waals surface area contributed by atoms with Gasteiger partial charge in [-0.2, -0.15) is 5.10 Å². The first-order chi connectivity index (χ1) is 12.3. The van der Waals surface area contributed by atoms with Gasteiger partial charge in [0.15, 0.2) is 0 Å². The number of ether oxygens (including phenoxy) is 1. The Bertz CT molecular complexity index is 901. The molecule has 2 aromatic carbocycles. The molecule has 3 aromatic rings. The van der Waals surface area contributed by atoms with Crippen LogP contribution in [0.2, 0.25) is 0 Å². The summed E-state index contributed by atoms with van der Waals surface area (Å²) >= 11 is 0. The lowest BCUT2D eigenvalue weighted by atomic mass is 10.1. The van der Waals surface area contributed by atoms with Crippen LogP contribution < -0.4 is 4.74 Å². The monoisotopic (exact) mass is 331 g/mol. The van der Waals surface area contributed by atoms with Gasteiger partial charge in [-0.1, -0.05) is 30.3 Å². The minimum atomic E-state index is 0.824. The second kappa shape index (κ2) is 6.05. The predicted molar refractivity (Wildman–Crippen MR) is 97.0 cm³/mol. The maximum atomic E-state index is 5.70. The van der Waals surface area contributed by atoms with Crippen molar-refractivity contribution < 1.29 is 4.74 Å². The number of hydrogen-bond acceptors (Lipinski definition) is 3. The Kier molecular flexibility index (Phi) is 3.56. The fourth-order valence-corrected chi connectivity index (χ4v) is 3.79. The molecule has 0 N–H and O–H groups in total. The lowest BCUT2D eigenvalue weighted by Gasteiger charge is -2.26. The van der Waals surface area contributed by atoms with Crippen LogP contribution in [0.25, 0.3) is 5.69 Å². The van der Waals surface area contributed by atoms with Crippen molar-refractivity contribution in [3.63, 3.8) is 0 Å². The second-order valence-electron chi connectivity index (χ2n) is 6.88. The highest BCUT2D eigenvalue weighted by molar-refractivity contribution is 5.40. The summed E-state index contributed by atoms with van der Waals surface area (Å²) in [6.07, 6.45) is 4.24. The maximum absolute atomic E-state index is 5.70. The fraction of sp³-hybridized carbons (Fsp3) is 0.286. The number of hydrogen-bond donors (Lipinski definition) is 0. The summed E-state index contributed by atoms with van der Waals surface area (Å²) in [6.45, 7) is 3.80. The van der Waals surface area contributed by atoms with E-state index < -0.39 is 0 Å². The molecule has 126 valence electrons. The number of benzene rings is 2. The number of aromatic nitrogens is 2. The van der Waals surface area contributed by atoms with Gasteiger partial charge in [0.1, 0.15) is 5.75 Å². The van der Waals surface area contributed by atoms with Gasteiger partial charge in [0, 0.05) is 44.2 Å². The lowest BCUT2D eigenvalue weighted by molar-refractivity contribution is 0.244. The zero-order valence-electron chi connectivity index (χ0n) is 14.2. The van der Waals surface area contributed by atoms with Crippen LogP contribution in [-0.4, -0.2) is 27.8 Å². The predicted octanol–water partition coefficient (Wildman–Crippen LogP) is 3.37. The molecule has 0 atom stereocenters. The Labute approximate surface area is 147 Å². The van der Waals surface area contributed by atoms with Crippen LogP contribution in [0.1, 0.15) is 22.4 Å². The van der Waals surface area contributed by atoms with E-state index in [2.05, 4.69) is 53.6 Å². The zero-order valence-corrected chi connectivity index (χ0v) is 14.2. The van der Waals surface area contributed by atoms with E-state index in [4.69, 9.17) is 9.84 Å². The molecule has 2 aliphatic rings. The minimum absolute atomic E-state index is 0.824. The summed E-state index contributed by atoms with van der Waals surface area (Å²) in [5, 5.41) is 4.78. The first-order valence-corrected chi connectivity index (χ1v) is 8.95. The molecule has 0 bridgehead atoms. The third kappa shape index (κ3) is 2.83. The van der Waals surface area contributed by atoms with E-state index in [1.54, 1.807) is 0 Å². The van der Waals surface area contributed by atoms with Gasteiger partial charge in [-0.3, -0.25) is 4.90 Å². The van der Waals surface area contributed by atoms with Crippen molar-refractivity contribution in [2.45, 2.75) is 25.9 Å². The summed E-state index contributed by atoms with van der Waals surface area (Å²) < 4.78 is 7.72. The van der Waals surface area contributed by atoms with E-state index in [-0.39, 0.29) is 0 Å². The quantitative estimate of drug-likeness (QED) is 0.737. The van der Waals surface area contributed by atoms with E-state index in [9.17, 15) is 0 Å². The largest absolute Gasteiger partial charge is 0.493 e. The smallest absolute Gasteiger partial charge is 0.122 e. The lowest BCUT2D eigenvalue weighted by Crippen LogP contribution is -2.29. The average molecular weight is 331 g/mol. The van der Waals surface area contributed by atoms with Crippen molar-refractivity contribution in [3.05, 3.63) is 77.1 Å². The number of rotatable bonds is 3. The Morgan fingerprint density at radius 1 is 1.00 bits per heavy atom. The molecular formula is C21H21N3O. The van der Waals surface area contributed by atoms with E-state index in [0.29, 0.717) is 0 Å². The summed E-state index contributed by atoms with van der Waals surface area (Å²) in [7, 11) is 0. The molecule has 5 rings (SSSR count). The zero-order chi connectivity index (χ0) is 16.6. The summed E-state index contributed by atoms with van der Waals surface area (Å²) in [6, 6.07) is 17.0. The molecule has 0 fully saturated rings. The molecule has 0 saturated carbocycles. The highest BCUT2D eigenvalue weighted by atomic mass is 16.5. The first-order valence-electron chi connectivity index (χ1n) is 8.95. The molecular weight excluding hydrogens is 310 g/mol. The molecule has 0 saturated heterocycles. The van der Waals surface area contributed by atoms with E-state index in [1.165, 1.54) is 22.4 Å². The van der Waals surface area contributed by atoms with Gasteiger partial charge in [-0.05, 0) is 29.3 Å². The number of nitrogens with zero attached hydrogens (tertiary/aromatic N) is 3. The van der Waals surface area contributed by atoms with Gasteiger partial charge in [0.05, 0.1) is 18.0 Å². The van der Waals surface area contributed by atoms with Gasteiger partial charge >= 0.3 is 0 Å². The second-order valence-corrected chi connectivity index (χ2v) is 6.88. The standard InChI is InChI=1S/C21H21N3O/c1-2-4-19(5-3-1)24-15-18-14-23(10-8-20(18)22-24)13-16-6-7-17-9-11-25-21(17)12-16/h1-7,12,15H,8-11,13-14H2. The van der Waals surface area contributed by atoms with Gasteiger partial charge in [-0.15, -0.1) is 0 Å². The number of fused-ring (bicyclic) bond motifs is 2. The molecule has 2 aliphatic heterocycles. The topological polar surface area (TPSA) is 30.3 Å². The summed E-state index contributed by atoms with van der Waals surface area (Å²) in [4.78, 5) is 2.50. The number of para-hydroxylation sites is 1. The van der Waals surface area contributed by atoms with E-state index in [0.717, 1.165) is 50.5 Å². The Morgan fingerprint density at radius 2 is 1.92 bits per heavy atom. The molecule has 3 heterocycles. The third-order valence-corrected chi connectivity index (χ3v) is 5.12. The molecule has 4 nitrogen and oxygen atoms in total. The molecule has 25 heavy (non-hydrogen) atoms. The van der Waals surface area contributed by atoms with Crippen LogP contribution in [-0.2, 0) is 25.9 Å². The molecule has 0 unspecified atom stereocenters. The molecule has 1 aromatic heterocycles. The van der Waals surface area contributed by atoms with Crippen LogP contribution in [0.5, 0.6) is 5.75 Å². The average Bonchev–Trinajstić information content (AvgIpc) is 3.28. The molecule has 0 spiro atoms. The molecule has 4 heteroatoms. The van der Waals surface area contributed by atoms with Crippen molar-refractivity contribution in [2.24, 2.45) is 0 Å². The highest BCUT2D eigenvalue weighted by Crippen LogP contribution is 2.28. The van der Waals surface area contributed by atoms with Gasteiger partial charge in [0.25, 0.3) is 0 Å². The van der Waals surface area contributed by atoms with Crippen LogP contribution in [0, 0.1) is 0 Å². The van der Waals surface area contributed by atoms with Crippen LogP contribution in [0.3, 0.4) is 0 Å². The van der Waals surface area contributed by atoms with E-state index in [1.807, 2.05) is 10.7 Å². The molecule has 0 aliphatic carbocycles. The fourth-order valence-electron chi connectivity index (χ4n) is 3.79. The SMILES string of the molecule is c1ccc(-n2cc3c(n2)CCN(Cc2ccc4c(c2)OCC4)C3)cc1. The third-order valence-electron chi connectivity index (χ3n) is 5.12. The summed E-state index contributed by atoms with van der Waals surface area (Å²) in [5.74, 6) is 1.08. The molecule has 0 amide bonds. The summed E-state index contributed by atoms with van der Waals surface area (Å²) in [5.41, 5.74) is 6.37. The van der Waals surface area contributed by atoms with Crippen molar-refractivity contribution in [1.82, 2.24) is 14.7 Å². The van der Waals surface area contributed by atoms with Crippen molar-refractivity contribution in [1.29, 1.82) is 0 Å². The van der Waals surface area contributed by atoms with Crippen LogP contribution in [0.4, 0.5) is 0 Å². The van der Waals surface area contributed by atoms with Gasteiger partial charge < -0.3 is 4.74 Å². The Hall–Kier alpha value is -2.59. The van der Waals surface area contributed by atoms with Crippen molar-refractivity contribution in [2.75, 3.05) is 13.2 Å². The van der Waals surface area contributed by atoms with Crippen LogP contribution >= 0.6 is 0 Å². The Morgan fingerprint density at radius 3 is 2.84 bits per heavy atom. The minimum Gasteiger partial charge on any atom is -0.493 e. The van der Waals surface area contributed by atoms with Gasteiger partial charge in [-0.25, -0.2) is 4.68 Å². The van der Waals surface area contributed by atoms with Crippen LogP contribution in [0.15, 0.2) is 54.7 Å². The Balaban J connectivity index is 1.33. The van der Waals surface area contributed by atoms with Crippen molar-refractivity contribution >= 4 is 0 Å². The maximum Gasteiger partial charge on any atom is 0.122 e. The highest BCUT2D eigenvalue weighted by Gasteiger charge is 2.21. The van der Waals surface area contributed by atoms with Gasteiger partial charge in [0.2, 0.25) is 0 Å².